The van der Waals surface area contributed by atoms with Crippen LogP contribution in [0.2, 0.25) is 0 Å². The van der Waals surface area contributed by atoms with Gasteiger partial charge in [0, 0.05) is 29.8 Å². The molecule has 45 heavy (non-hydrogen) atoms. The van der Waals surface area contributed by atoms with E-state index in [9.17, 15) is 40.4 Å². The highest BCUT2D eigenvalue weighted by Gasteiger charge is 2.35. The quantitative estimate of drug-likeness (QED) is 0.230. The molecule has 3 aromatic rings. The Hall–Kier alpha value is -4.02. The standard InChI is InChI=1S/C32H32F5N3O4S/c1-2-45(42,43)29-13-3-21(4-14-29)17-26(15-16-38)39-30(41)23-7-11-27(12-8-23)40-19-24(18-28(40)20-44-31(33)34)22-5-9-25(10-6-22)32(35,36)37/h3-14,24,26,28,31H,2,15,17-20H2,1H3,(H,39,41)/t24-,26+,28-/m0/s1. The zero-order valence-electron chi connectivity index (χ0n) is 24.3. The van der Waals surface area contributed by atoms with Crippen LogP contribution in [-0.2, 0) is 27.2 Å². The summed E-state index contributed by atoms with van der Waals surface area (Å²) in [6.45, 7) is -1.37. The maximum absolute atomic E-state index is 13.1. The van der Waals surface area contributed by atoms with Crippen LogP contribution < -0.4 is 10.2 Å². The minimum Gasteiger partial charge on any atom is -0.366 e. The highest BCUT2D eigenvalue weighted by Crippen LogP contribution is 2.37. The Morgan fingerprint density at radius 1 is 1.04 bits per heavy atom. The Morgan fingerprint density at radius 3 is 2.24 bits per heavy atom. The molecule has 0 bridgehead atoms. The van der Waals surface area contributed by atoms with Crippen LogP contribution in [0.25, 0.3) is 0 Å². The van der Waals surface area contributed by atoms with E-state index in [-0.39, 0.29) is 29.6 Å². The molecule has 0 aliphatic carbocycles. The lowest BCUT2D eigenvalue weighted by Gasteiger charge is -2.27. The Kier molecular flexibility index (Phi) is 10.8. The summed E-state index contributed by atoms with van der Waals surface area (Å²) < 4.78 is 93.5. The number of hydrogen-bond donors (Lipinski definition) is 1. The number of sulfone groups is 1. The summed E-state index contributed by atoms with van der Waals surface area (Å²) in [5, 5.41) is 12.1. The van der Waals surface area contributed by atoms with E-state index in [1.54, 1.807) is 43.3 Å². The number of amides is 1. The minimum atomic E-state index is -4.47. The van der Waals surface area contributed by atoms with Crippen LogP contribution in [0.5, 0.6) is 0 Å². The Labute approximate surface area is 258 Å². The minimum absolute atomic E-state index is 0.0176. The first kappa shape index (κ1) is 33.9. The summed E-state index contributed by atoms with van der Waals surface area (Å²) >= 11 is 0. The molecule has 1 aliphatic rings. The number of nitrogens with one attached hydrogen (secondary N) is 1. The number of halogens is 5. The highest BCUT2D eigenvalue weighted by molar-refractivity contribution is 7.91. The number of ether oxygens (including phenoxy) is 1. The summed E-state index contributed by atoms with van der Waals surface area (Å²) in [4.78, 5) is 15.1. The van der Waals surface area contributed by atoms with Gasteiger partial charge in [-0.3, -0.25) is 4.79 Å². The number of hydrogen-bond acceptors (Lipinski definition) is 6. The highest BCUT2D eigenvalue weighted by atomic mass is 32.2. The van der Waals surface area contributed by atoms with E-state index >= 15 is 0 Å². The first-order chi connectivity index (χ1) is 21.3. The van der Waals surface area contributed by atoms with Gasteiger partial charge in [0.25, 0.3) is 5.91 Å². The second-order valence-corrected chi connectivity index (χ2v) is 13.1. The van der Waals surface area contributed by atoms with Gasteiger partial charge in [-0.15, -0.1) is 0 Å². The third kappa shape index (κ3) is 8.79. The number of benzene rings is 3. The molecule has 0 spiro atoms. The van der Waals surface area contributed by atoms with Crippen LogP contribution in [0.3, 0.4) is 0 Å². The summed E-state index contributed by atoms with van der Waals surface area (Å²) in [6.07, 6.45) is -3.78. The van der Waals surface area contributed by atoms with Crippen LogP contribution >= 0.6 is 0 Å². The maximum atomic E-state index is 13.1. The third-order valence-corrected chi connectivity index (χ3v) is 9.57. The van der Waals surface area contributed by atoms with Gasteiger partial charge in [0.15, 0.2) is 9.84 Å². The van der Waals surface area contributed by atoms with Gasteiger partial charge in [0.05, 0.1) is 41.4 Å². The van der Waals surface area contributed by atoms with Crippen LogP contribution in [0.4, 0.5) is 27.6 Å². The van der Waals surface area contributed by atoms with Crippen molar-refractivity contribution < 1.29 is 39.9 Å². The van der Waals surface area contributed by atoms with Gasteiger partial charge >= 0.3 is 12.8 Å². The number of carbonyl (C=O) groups is 1. The summed E-state index contributed by atoms with van der Waals surface area (Å²) in [6, 6.07) is 18.6. The molecule has 1 heterocycles. The van der Waals surface area contributed by atoms with Gasteiger partial charge in [0.1, 0.15) is 0 Å². The molecular formula is C32H32F5N3O4S. The molecule has 1 fully saturated rings. The SMILES string of the molecule is CCS(=O)(=O)c1ccc(C[C@@H](CC#N)NC(=O)c2ccc(N3C[C@@H](c4ccc(C(F)(F)F)cc4)C[C@H]3COC(F)F)cc2)cc1. The first-order valence-electron chi connectivity index (χ1n) is 14.2. The Morgan fingerprint density at radius 2 is 1.69 bits per heavy atom. The van der Waals surface area contributed by atoms with E-state index in [4.69, 9.17) is 0 Å². The zero-order valence-corrected chi connectivity index (χ0v) is 25.1. The van der Waals surface area contributed by atoms with E-state index < -0.39 is 46.2 Å². The molecule has 1 saturated heterocycles. The fourth-order valence-electron chi connectivity index (χ4n) is 5.40. The van der Waals surface area contributed by atoms with Crippen LogP contribution in [0.15, 0.2) is 77.7 Å². The first-order valence-corrected chi connectivity index (χ1v) is 15.9. The molecule has 0 radical (unpaired) electrons. The lowest BCUT2D eigenvalue weighted by Crippen LogP contribution is -2.36. The van der Waals surface area contributed by atoms with E-state index in [1.165, 1.54) is 24.3 Å². The molecule has 240 valence electrons. The molecule has 1 aliphatic heterocycles. The Balaban J connectivity index is 1.45. The summed E-state index contributed by atoms with van der Waals surface area (Å²) in [5.41, 5.74) is 1.54. The zero-order chi connectivity index (χ0) is 32.8. The fourth-order valence-corrected chi connectivity index (χ4v) is 6.29. The predicted octanol–water partition coefficient (Wildman–Crippen LogP) is 6.36. The van der Waals surface area contributed by atoms with Gasteiger partial charge < -0.3 is 15.0 Å². The molecule has 3 aromatic carbocycles. The van der Waals surface area contributed by atoms with Gasteiger partial charge in [0.2, 0.25) is 0 Å². The van der Waals surface area contributed by atoms with Crippen LogP contribution in [0, 0.1) is 11.3 Å². The Bertz CT molecular complexity index is 1590. The van der Waals surface area contributed by atoms with E-state index in [2.05, 4.69) is 16.1 Å². The van der Waals surface area contributed by atoms with Crippen molar-refractivity contribution in [3.8, 4) is 6.07 Å². The second kappa shape index (κ2) is 14.4. The number of alkyl halides is 5. The lowest BCUT2D eigenvalue weighted by atomic mass is 9.95. The smallest absolute Gasteiger partial charge is 0.366 e. The topological polar surface area (TPSA) is 99.5 Å². The average Bonchev–Trinajstić information content (AvgIpc) is 3.44. The number of anilines is 1. The van der Waals surface area contributed by atoms with Crippen LogP contribution in [-0.4, -0.2) is 51.9 Å². The molecular weight excluding hydrogens is 617 g/mol. The van der Waals surface area contributed by atoms with E-state index in [0.29, 0.717) is 36.2 Å². The van der Waals surface area contributed by atoms with Gasteiger partial charge in [-0.1, -0.05) is 31.2 Å². The molecule has 3 atom stereocenters. The van der Waals surface area contributed by atoms with Crippen LogP contribution in [0.1, 0.15) is 52.7 Å². The summed E-state index contributed by atoms with van der Waals surface area (Å²) in [5.74, 6) is -0.696. The second-order valence-electron chi connectivity index (χ2n) is 10.8. The number of nitriles is 1. The van der Waals surface area contributed by atoms with Crippen molar-refractivity contribution in [2.45, 2.75) is 61.9 Å². The number of nitrogens with zero attached hydrogens (tertiary/aromatic N) is 2. The monoisotopic (exact) mass is 649 g/mol. The van der Waals surface area contributed by atoms with Crippen molar-refractivity contribution in [1.29, 1.82) is 5.26 Å². The average molecular weight is 650 g/mol. The van der Waals surface area contributed by atoms with Gasteiger partial charge in [-0.05, 0) is 72.5 Å². The van der Waals surface area contributed by atoms with Crippen molar-refractivity contribution in [3.63, 3.8) is 0 Å². The van der Waals surface area contributed by atoms with Gasteiger partial charge in [-0.2, -0.15) is 27.2 Å². The molecule has 0 saturated carbocycles. The largest absolute Gasteiger partial charge is 0.416 e. The fraction of sp³-hybridized carbons (Fsp3) is 0.375. The maximum Gasteiger partial charge on any atom is 0.416 e. The van der Waals surface area contributed by atoms with Crippen molar-refractivity contribution in [3.05, 3.63) is 95.1 Å². The van der Waals surface area contributed by atoms with E-state index in [0.717, 1.165) is 17.7 Å². The molecule has 7 nitrogen and oxygen atoms in total. The normalized spacial score (nSPS) is 17.7. The number of rotatable bonds is 12. The van der Waals surface area contributed by atoms with Crippen molar-refractivity contribution >= 4 is 21.4 Å². The molecule has 4 rings (SSSR count). The predicted molar refractivity (Wildman–Crippen MR) is 158 cm³/mol. The molecule has 1 N–H and O–H groups in total. The van der Waals surface area contributed by atoms with Crippen molar-refractivity contribution in [1.82, 2.24) is 5.32 Å². The van der Waals surface area contributed by atoms with Crippen molar-refractivity contribution in [2.75, 3.05) is 23.8 Å². The van der Waals surface area contributed by atoms with Gasteiger partial charge in [-0.25, -0.2) is 8.42 Å². The lowest BCUT2D eigenvalue weighted by molar-refractivity contribution is -0.137. The molecule has 0 unspecified atom stereocenters. The summed E-state index contributed by atoms with van der Waals surface area (Å²) in [7, 11) is -3.36. The van der Waals surface area contributed by atoms with Crippen molar-refractivity contribution in [2.24, 2.45) is 0 Å². The molecule has 1 amide bonds. The van der Waals surface area contributed by atoms with E-state index in [1.807, 2.05) is 4.90 Å². The molecule has 0 aromatic heterocycles. The third-order valence-electron chi connectivity index (χ3n) is 7.82. The molecule has 13 heteroatoms. The number of carbonyl (C=O) groups excluding carboxylic acids is 1.